The van der Waals surface area contributed by atoms with Crippen molar-refractivity contribution >= 4 is 5.91 Å². The van der Waals surface area contributed by atoms with Gasteiger partial charge in [0, 0.05) is 35.8 Å². The number of unbranched alkanes of at least 4 members (excludes halogenated alkanes) is 1. The van der Waals surface area contributed by atoms with E-state index >= 15 is 0 Å². The molecule has 1 amide bonds. The first kappa shape index (κ1) is 17.9. The molecule has 0 fully saturated rings. The normalized spacial score (nSPS) is 13.7. The molecule has 1 aromatic heterocycles. The van der Waals surface area contributed by atoms with E-state index in [2.05, 4.69) is 10.0 Å². The second-order valence-corrected chi connectivity index (χ2v) is 6.01. The monoisotopic (exact) mass is 333 g/mol. The number of hydrogen-bond acceptors (Lipinski definition) is 4. The largest absolute Gasteiger partial charge is 0.487 e. The van der Waals surface area contributed by atoms with Crippen LogP contribution in [0, 0.1) is 0 Å². The van der Waals surface area contributed by atoms with Crippen molar-refractivity contribution in [3.8, 4) is 5.75 Å². The van der Waals surface area contributed by atoms with Gasteiger partial charge in [-0.2, -0.15) is 0 Å². The average molecular weight is 333 g/mol. The van der Waals surface area contributed by atoms with E-state index in [0.29, 0.717) is 25.4 Å². The maximum atomic E-state index is 12.9. The Bertz CT molecular complexity index is 719. The molecule has 8 heteroatoms. The maximum absolute atomic E-state index is 12.9. The summed E-state index contributed by atoms with van der Waals surface area (Å²) in [6, 6.07) is 1.43. The van der Waals surface area contributed by atoms with Crippen molar-refractivity contribution in [3.05, 3.63) is 38.1 Å². The molecule has 0 unspecified atom stereocenters. The molecule has 0 spiro atoms. The maximum Gasteiger partial charge on any atom is 0.274 e. The summed E-state index contributed by atoms with van der Waals surface area (Å²) in [6.07, 6.45) is 1.74. The van der Waals surface area contributed by atoms with Crippen LogP contribution in [-0.2, 0) is 13.1 Å². The van der Waals surface area contributed by atoms with Gasteiger partial charge in [0.25, 0.3) is 5.91 Å². The Hall–Kier alpha value is -2.47. The molecule has 2 heterocycles. The van der Waals surface area contributed by atoms with Gasteiger partial charge in [-0.05, 0) is 25.8 Å². The third kappa shape index (κ3) is 3.54. The lowest BCUT2D eigenvalue weighted by molar-refractivity contribution is 0.0637. The van der Waals surface area contributed by atoms with E-state index in [1.165, 1.54) is 6.07 Å². The van der Waals surface area contributed by atoms with Crippen molar-refractivity contribution in [3.63, 3.8) is 0 Å². The number of amides is 1. The lowest BCUT2D eigenvalue weighted by Crippen LogP contribution is -2.46. The minimum Gasteiger partial charge on any atom is -0.487 e. The highest BCUT2D eigenvalue weighted by Crippen LogP contribution is 2.24. The van der Waals surface area contributed by atoms with Gasteiger partial charge in [-0.25, -0.2) is 0 Å². The van der Waals surface area contributed by atoms with Gasteiger partial charge in [-0.1, -0.05) is 18.5 Å². The predicted octanol–water partition coefficient (Wildman–Crippen LogP) is 2.70. The molecular formula is C16H23N5O3. The quantitative estimate of drug-likeness (QED) is 0.332. The van der Waals surface area contributed by atoms with E-state index in [4.69, 9.17) is 10.3 Å². The number of pyridine rings is 1. The van der Waals surface area contributed by atoms with Crippen LogP contribution in [0.5, 0.6) is 5.75 Å². The number of aromatic nitrogens is 1. The molecular weight excluding hydrogens is 310 g/mol. The highest BCUT2D eigenvalue weighted by molar-refractivity contribution is 5.96. The molecule has 0 bridgehead atoms. The van der Waals surface area contributed by atoms with E-state index < -0.39 is 0 Å². The lowest BCUT2D eigenvalue weighted by atomic mass is 10.1. The van der Waals surface area contributed by atoms with E-state index in [1.54, 1.807) is 9.47 Å². The summed E-state index contributed by atoms with van der Waals surface area (Å²) in [5.41, 5.74) is 8.99. The Morgan fingerprint density at radius 3 is 2.75 bits per heavy atom. The smallest absolute Gasteiger partial charge is 0.274 e. The summed E-state index contributed by atoms with van der Waals surface area (Å²) >= 11 is 0. The number of hydrogen-bond donors (Lipinski definition) is 0. The second-order valence-electron chi connectivity index (χ2n) is 6.01. The van der Waals surface area contributed by atoms with Crippen LogP contribution >= 0.6 is 0 Å². The first-order valence-electron chi connectivity index (χ1n) is 8.22. The zero-order valence-electron chi connectivity index (χ0n) is 14.4. The molecule has 8 nitrogen and oxygen atoms in total. The predicted molar refractivity (Wildman–Crippen MR) is 90.1 cm³/mol. The Labute approximate surface area is 140 Å². The number of azide groups is 1. The fraction of sp³-hybridized carbons (Fsp3) is 0.625. The highest BCUT2D eigenvalue weighted by atomic mass is 16.5. The highest BCUT2D eigenvalue weighted by Gasteiger charge is 2.31. The molecule has 1 aliphatic heterocycles. The summed E-state index contributed by atoms with van der Waals surface area (Å²) in [5, 5.41) is 3.53. The molecule has 2 rings (SSSR count). The SMILES string of the molecule is CCCCOc1c2n(c(CN=[N+]=[N-])cc1=O)CCN(C(C)C)C2=O. The summed E-state index contributed by atoms with van der Waals surface area (Å²) in [4.78, 5) is 29.8. The van der Waals surface area contributed by atoms with Gasteiger partial charge >= 0.3 is 0 Å². The third-order valence-corrected chi connectivity index (χ3v) is 4.04. The molecule has 0 aromatic carbocycles. The Balaban J connectivity index is 2.54. The molecule has 0 saturated carbocycles. The molecule has 0 atom stereocenters. The van der Waals surface area contributed by atoms with Crippen LogP contribution in [0.2, 0.25) is 0 Å². The van der Waals surface area contributed by atoms with Crippen molar-refractivity contribution in [1.29, 1.82) is 0 Å². The van der Waals surface area contributed by atoms with Crippen molar-refractivity contribution < 1.29 is 9.53 Å². The number of carbonyl (C=O) groups excluding carboxylic acids is 1. The Morgan fingerprint density at radius 2 is 2.12 bits per heavy atom. The van der Waals surface area contributed by atoms with Gasteiger partial charge in [0.2, 0.25) is 5.43 Å². The zero-order valence-corrected chi connectivity index (χ0v) is 14.4. The van der Waals surface area contributed by atoms with Crippen molar-refractivity contribution in [2.24, 2.45) is 5.11 Å². The molecule has 0 saturated heterocycles. The second kappa shape index (κ2) is 7.88. The number of nitrogens with zero attached hydrogens (tertiary/aromatic N) is 5. The molecule has 0 radical (unpaired) electrons. The first-order chi connectivity index (χ1) is 11.5. The Morgan fingerprint density at radius 1 is 1.38 bits per heavy atom. The molecule has 0 N–H and O–H groups in total. The van der Waals surface area contributed by atoms with E-state index in [0.717, 1.165) is 12.8 Å². The van der Waals surface area contributed by atoms with Crippen LogP contribution in [0.25, 0.3) is 10.4 Å². The summed E-state index contributed by atoms with van der Waals surface area (Å²) < 4.78 is 7.40. The topological polar surface area (TPSA) is 100 Å². The first-order valence-corrected chi connectivity index (χ1v) is 8.22. The minimum absolute atomic E-state index is 0.0307. The van der Waals surface area contributed by atoms with Crippen LogP contribution in [0.4, 0.5) is 0 Å². The fourth-order valence-corrected chi connectivity index (χ4v) is 2.78. The van der Waals surface area contributed by atoms with E-state index in [-0.39, 0.29) is 35.4 Å². The number of carbonyl (C=O) groups is 1. The van der Waals surface area contributed by atoms with Crippen LogP contribution in [0.15, 0.2) is 16.0 Å². The van der Waals surface area contributed by atoms with Gasteiger partial charge in [0.05, 0.1) is 13.2 Å². The zero-order chi connectivity index (χ0) is 17.7. The lowest BCUT2D eigenvalue weighted by Gasteiger charge is -2.34. The van der Waals surface area contributed by atoms with Gasteiger partial charge in [0.1, 0.15) is 0 Å². The molecule has 1 aromatic rings. The third-order valence-electron chi connectivity index (χ3n) is 4.04. The summed E-state index contributed by atoms with van der Waals surface area (Å²) in [6.45, 7) is 7.41. The van der Waals surface area contributed by atoms with Gasteiger partial charge in [-0.3, -0.25) is 9.59 Å². The van der Waals surface area contributed by atoms with Crippen LogP contribution in [-0.4, -0.2) is 34.6 Å². The van der Waals surface area contributed by atoms with Gasteiger partial charge < -0.3 is 14.2 Å². The van der Waals surface area contributed by atoms with Crippen LogP contribution < -0.4 is 10.2 Å². The van der Waals surface area contributed by atoms with E-state index in [9.17, 15) is 9.59 Å². The standard InChI is InChI=1S/C16H23N5O3/c1-4-5-8-24-15-13(22)9-12(10-18-19-17)21-7-6-20(11(2)3)16(23)14(15)21/h9,11H,4-8,10H2,1-3H3. The molecule has 0 aliphatic carbocycles. The molecule has 1 aliphatic rings. The van der Waals surface area contributed by atoms with Crippen LogP contribution in [0.3, 0.4) is 0 Å². The summed E-state index contributed by atoms with van der Waals surface area (Å²) in [7, 11) is 0. The number of ether oxygens (including phenoxy) is 1. The molecule has 24 heavy (non-hydrogen) atoms. The summed E-state index contributed by atoms with van der Waals surface area (Å²) in [5.74, 6) is -0.119. The molecule has 130 valence electrons. The van der Waals surface area contributed by atoms with Gasteiger partial charge in [-0.15, -0.1) is 0 Å². The fourth-order valence-electron chi connectivity index (χ4n) is 2.78. The van der Waals surface area contributed by atoms with E-state index in [1.807, 2.05) is 20.8 Å². The average Bonchev–Trinajstić information content (AvgIpc) is 2.55. The van der Waals surface area contributed by atoms with Crippen molar-refractivity contribution in [2.45, 2.75) is 52.7 Å². The van der Waals surface area contributed by atoms with Gasteiger partial charge in [0.15, 0.2) is 11.4 Å². The number of fused-ring (bicyclic) bond motifs is 1. The van der Waals surface area contributed by atoms with Crippen LogP contribution in [0.1, 0.15) is 49.8 Å². The Kier molecular flexibility index (Phi) is 5.87. The van der Waals surface area contributed by atoms with Crippen molar-refractivity contribution in [2.75, 3.05) is 13.2 Å². The van der Waals surface area contributed by atoms with Crippen molar-refractivity contribution in [1.82, 2.24) is 9.47 Å². The number of rotatable bonds is 7. The minimum atomic E-state index is -0.348.